The fourth-order valence-corrected chi connectivity index (χ4v) is 3.13. The van der Waals surface area contributed by atoms with E-state index in [-0.39, 0.29) is 17.7 Å². The monoisotopic (exact) mass is 391 g/mol. The van der Waals surface area contributed by atoms with E-state index < -0.39 is 0 Å². The molecule has 1 aliphatic heterocycles. The summed E-state index contributed by atoms with van der Waals surface area (Å²) >= 11 is 0. The van der Waals surface area contributed by atoms with Crippen molar-refractivity contribution in [1.29, 1.82) is 0 Å². The van der Waals surface area contributed by atoms with E-state index in [9.17, 15) is 14.4 Å². The number of anilines is 1. The van der Waals surface area contributed by atoms with Crippen LogP contribution >= 0.6 is 0 Å². The van der Waals surface area contributed by atoms with Gasteiger partial charge in [0.15, 0.2) is 0 Å². The third-order valence-corrected chi connectivity index (χ3v) is 4.78. The number of rotatable bonds is 6. The van der Waals surface area contributed by atoms with Gasteiger partial charge in [-0.15, -0.1) is 0 Å². The Morgan fingerprint density at radius 1 is 1.07 bits per heavy atom. The van der Waals surface area contributed by atoms with Crippen molar-refractivity contribution in [1.82, 2.24) is 10.2 Å². The molecule has 1 N–H and O–H groups in total. The maximum absolute atomic E-state index is 12.1. The molecule has 1 heterocycles. The van der Waals surface area contributed by atoms with E-state index in [1.807, 2.05) is 36.4 Å². The van der Waals surface area contributed by atoms with Gasteiger partial charge in [0.05, 0.1) is 0 Å². The molecule has 150 valence electrons. The van der Waals surface area contributed by atoms with Crippen LogP contribution in [0.25, 0.3) is 6.08 Å². The van der Waals surface area contributed by atoms with Crippen molar-refractivity contribution in [2.45, 2.75) is 19.4 Å². The number of hydrogen-bond donors (Lipinski definition) is 1. The Kier molecular flexibility index (Phi) is 6.44. The number of carbonyl (C=O) groups is 3. The Bertz CT molecular complexity index is 915. The lowest BCUT2D eigenvalue weighted by Gasteiger charge is -2.15. The minimum Gasteiger partial charge on any atom is -0.348 e. The molecule has 1 aliphatic rings. The van der Waals surface area contributed by atoms with Crippen molar-refractivity contribution in [3.63, 3.8) is 0 Å². The summed E-state index contributed by atoms with van der Waals surface area (Å²) in [6.07, 6.45) is 4.73. The van der Waals surface area contributed by atoms with E-state index in [1.165, 1.54) is 11.0 Å². The minimum atomic E-state index is -0.197. The van der Waals surface area contributed by atoms with Crippen molar-refractivity contribution >= 4 is 29.5 Å². The second-order valence-corrected chi connectivity index (χ2v) is 7.19. The van der Waals surface area contributed by atoms with E-state index >= 15 is 0 Å². The Morgan fingerprint density at radius 3 is 2.34 bits per heavy atom. The molecule has 6 nitrogen and oxygen atoms in total. The molecule has 0 saturated carbocycles. The summed E-state index contributed by atoms with van der Waals surface area (Å²) in [5.74, 6) is -0.0901. The molecule has 2 aromatic carbocycles. The summed E-state index contributed by atoms with van der Waals surface area (Å²) in [4.78, 5) is 39.0. The van der Waals surface area contributed by atoms with E-state index in [4.69, 9.17) is 0 Å². The molecule has 0 aliphatic carbocycles. The Balaban J connectivity index is 1.50. The third kappa shape index (κ3) is 5.31. The molecule has 6 heteroatoms. The van der Waals surface area contributed by atoms with Gasteiger partial charge in [-0.3, -0.25) is 14.4 Å². The van der Waals surface area contributed by atoms with Crippen molar-refractivity contribution < 1.29 is 14.4 Å². The predicted molar refractivity (Wildman–Crippen MR) is 113 cm³/mol. The Hall–Kier alpha value is -3.41. The van der Waals surface area contributed by atoms with Crippen molar-refractivity contribution in [3.05, 3.63) is 71.3 Å². The van der Waals surface area contributed by atoms with E-state index in [2.05, 4.69) is 5.32 Å². The van der Waals surface area contributed by atoms with Crippen LogP contribution in [-0.2, 0) is 16.1 Å². The van der Waals surface area contributed by atoms with Crippen LogP contribution in [0.1, 0.15) is 34.3 Å². The van der Waals surface area contributed by atoms with Gasteiger partial charge in [-0.05, 0) is 47.9 Å². The van der Waals surface area contributed by atoms with Gasteiger partial charge in [-0.25, -0.2) is 0 Å². The predicted octanol–water partition coefficient (Wildman–Crippen LogP) is 2.84. The molecular weight excluding hydrogens is 366 g/mol. The molecule has 29 heavy (non-hydrogen) atoms. The molecule has 0 unspecified atom stereocenters. The van der Waals surface area contributed by atoms with E-state index in [1.54, 1.807) is 37.2 Å². The topological polar surface area (TPSA) is 69.7 Å². The zero-order valence-corrected chi connectivity index (χ0v) is 16.7. The van der Waals surface area contributed by atoms with Crippen LogP contribution < -0.4 is 10.2 Å². The molecule has 3 rings (SSSR count). The summed E-state index contributed by atoms with van der Waals surface area (Å²) < 4.78 is 0. The lowest BCUT2D eigenvalue weighted by molar-refractivity contribution is -0.117. The lowest BCUT2D eigenvalue weighted by Crippen LogP contribution is -2.23. The Morgan fingerprint density at radius 2 is 1.76 bits per heavy atom. The largest absolute Gasteiger partial charge is 0.348 e. The fourth-order valence-electron chi connectivity index (χ4n) is 3.13. The van der Waals surface area contributed by atoms with Gasteiger partial charge in [0, 0.05) is 50.9 Å². The summed E-state index contributed by atoms with van der Waals surface area (Å²) in [7, 11) is 3.42. The van der Waals surface area contributed by atoms with Crippen LogP contribution in [0.5, 0.6) is 0 Å². The number of amides is 3. The molecule has 3 amide bonds. The molecule has 1 fully saturated rings. The molecule has 0 spiro atoms. The van der Waals surface area contributed by atoms with Gasteiger partial charge < -0.3 is 15.1 Å². The van der Waals surface area contributed by atoms with Crippen LogP contribution in [0.3, 0.4) is 0 Å². The average Bonchev–Trinajstić information content (AvgIpc) is 3.16. The maximum Gasteiger partial charge on any atom is 0.253 e. The standard InChI is InChI=1S/C23H25N3O3/c1-25(2)23(29)19-10-5-18(6-11-19)16-24-21(27)14-9-17-7-12-20(13-8-17)26-15-3-4-22(26)28/h5-14H,3-4,15-16H2,1-2H3,(H,24,27)/b14-9+. The van der Waals surface area contributed by atoms with Crippen molar-refractivity contribution in [2.75, 3.05) is 25.5 Å². The van der Waals surface area contributed by atoms with Gasteiger partial charge in [-0.1, -0.05) is 24.3 Å². The first kappa shape index (κ1) is 20.3. The van der Waals surface area contributed by atoms with Gasteiger partial charge in [-0.2, -0.15) is 0 Å². The van der Waals surface area contributed by atoms with Crippen molar-refractivity contribution in [2.24, 2.45) is 0 Å². The summed E-state index contributed by atoms with van der Waals surface area (Å²) in [6.45, 7) is 1.15. The minimum absolute atomic E-state index is 0.0522. The molecule has 0 atom stereocenters. The van der Waals surface area contributed by atoms with Gasteiger partial charge in [0.2, 0.25) is 11.8 Å². The lowest BCUT2D eigenvalue weighted by atomic mass is 10.1. The molecule has 0 bridgehead atoms. The average molecular weight is 391 g/mol. The van der Waals surface area contributed by atoms with Gasteiger partial charge in [0.25, 0.3) is 5.91 Å². The van der Waals surface area contributed by atoms with E-state index in [0.29, 0.717) is 18.5 Å². The van der Waals surface area contributed by atoms with Crippen LogP contribution in [0.15, 0.2) is 54.6 Å². The van der Waals surface area contributed by atoms with Crippen molar-refractivity contribution in [3.8, 4) is 0 Å². The molecule has 1 saturated heterocycles. The summed E-state index contributed by atoms with van der Waals surface area (Å²) in [5, 5.41) is 2.83. The molecule has 2 aromatic rings. The molecule has 0 radical (unpaired) electrons. The molecule has 0 aromatic heterocycles. The van der Waals surface area contributed by atoms with Crippen LogP contribution in [0, 0.1) is 0 Å². The summed E-state index contributed by atoms with van der Waals surface area (Å²) in [6, 6.07) is 14.8. The highest BCUT2D eigenvalue weighted by Crippen LogP contribution is 2.21. The second kappa shape index (κ2) is 9.19. The smallest absolute Gasteiger partial charge is 0.253 e. The third-order valence-electron chi connectivity index (χ3n) is 4.78. The SMILES string of the molecule is CN(C)C(=O)c1ccc(CNC(=O)/C=C/c2ccc(N3CCCC3=O)cc2)cc1. The number of benzene rings is 2. The Labute approximate surface area is 170 Å². The van der Waals surface area contributed by atoms with Gasteiger partial charge >= 0.3 is 0 Å². The first-order chi connectivity index (χ1) is 13.9. The van der Waals surface area contributed by atoms with Crippen LogP contribution in [0.4, 0.5) is 5.69 Å². The van der Waals surface area contributed by atoms with Crippen LogP contribution in [-0.4, -0.2) is 43.3 Å². The first-order valence-electron chi connectivity index (χ1n) is 9.61. The highest BCUT2D eigenvalue weighted by Gasteiger charge is 2.21. The fraction of sp³-hybridized carbons (Fsp3) is 0.261. The second-order valence-electron chi connectivity index (χ2n) is 7.19. The van der Waals surface area contributed by atoms with E-state index in [0.717, 1.165) is 29.8 Å². The normalized spacial score (nSPS) is 13.7. The maximum atomic E-state index is 12.1. The number of nitrogens with zero attached hydrogens (tertiary/aromatic N) is 2. The highest BCUT2D eigenvalue weighted by atomic mass is 16.2. The first-order valence-corrected chi connectivity index (χ1v) is 9.61. The number of carbonyl (C=O) groups excluding carboxylic acids is 3. The zero-order valence-electron chi connectivity index (χ0n) is 16.7. The zero-order chi connectivity index (χ0) is 20.8. The molecular formula is C23H25N3O3. The summed E-state index contributed by atoms with van der Waals surface area (Å²) in [5.41, 5.74) is 3.32. The van der Waals surface area contributed by atoms with Crippen LogP contribution in [0.2, 0.25) is 0 Å². The highest BCUT2D eigenvalue weighted by molar-refractivity contribution is 5.96. The number of nitrogens with one attached hydrogen (secondary N) is 1. The van der Waals surface area contributed by atoms with Gasteiger partial charge in [0.1, 0.15) is 0 Å². The number of hydrogen-bond acceptors (Lipinski definition) is 3. The quantitative estimate of drug-likeness (QED) is 0.770.